The Morgan fingerprint density at radius 2 is 1.16 bits per heavy atom. The smallest absolute Gasteiger partial charge is 0.0874 e. The van der Waals surface area contributed by atoms with Crippen LogP contribution >= 0.6 is 0 Å². The summed E-state index contributed by atoms with van der Waals surface area (Å²) >= 11 is 0. The van der Waals surface area contributed by atoms with E-state index in [1.807, 2.05) is 0 Å². The van der Waals surface area contributed by atoms with Crippen LogP contribution in [0, 0.1) is 0 Å². The van der Waals surface area contributed by atoms with Crippen molar-refractivity contribution in [2.45, 2.75) is 25.7 Å². The van der Waals surface area contributed by atoms with E-state index in [4.69, 9.17) is 24.4 Å². The third kappa shape index (κ3) is 17.0. The Hall–Kier alpha value is -1.04. The van der Waals surface area contributed by atoms with Gasteiger partial charge in [-0.3, -0.25) is 0 Å². The van der Waals surface area contributed by atoms with Crippen molar-refractivity contribution < 1.29 is 24.4 Å². The second kappa shape index (κ2) is 17.0. The van der Waals surface area contributed by atoms with E-state index in [2.05, 4.69) is 0 Å². The van der Waals surface area contributed by atoms with Crippen LogP contribution in [0.15, 0.2) is 24.7 Å². The molecule has 0 aliphatic carbocycles. The summed E-state index contributed by atoms with van der Waals surface area (Å²) in [7, 11) is 0. The first-order valence-electron chi connectivity index (χ1n) is 6.74. The molecule has 0 saturated carbocycles. The third-order valence-electron chi connectivity index (χ3n) is 2.15. The number of aliphatic hydroxyl groups excluding tert-OH is 2. The van der Waals surface area contributed by atoms with Gasteiger partial charge < -0.3 is 24.4 Å². The highest BCUT2D eigenvalue weighted by Crippen LogP contribution is 1.91. The zero-order valence-corrected chi connectivity index (χ0v) is 11.5. The van der Waals surface area contributed by atoms with Crippen molar-refractivity contribution >= 4 is 0 Å². The predicted molar refractivity (Wildman–Crippen MR) is 73.6 cm³/mol. The molecule has 5 heteroatoms. The molecule has 0 aliphatic heterocycles. The molecule has 0 bridgehead atoms. The van der Waals surface area contributed by atoms with Gasteiger partial charge in [0.05, 0.1) is 39.0 Å². The molecule has 0 radical (unpaired) electrons. The zero-order valence-electron chi connectivity index (χ0n) is 11.5. The van der Waals surface area contributed by atoms with Gasteiger partial charge in [-0.2, -0.15) is 0 Å². The minimum absolute atomic E-state index is 0.213. The number of rotatable bonds is 14. The van der Waals surface area contributed by atoms with Gasteiger partial charge in [0.2, 0.25) is 0 Å². The second-order valence-corrected chi connectivity index (χ2v) is 3.88. The van der Waals surface area contributed by atoms with Crippen molar-refractivity contribution in [2.24, 2.45) is 0 Å². The Kier molecular flexibility index (Phi) is 16.0. The molecule has 19 heavy (non-hydrogen) atoms. The first kappa shape index (κ1) is 18.0. The average Bonchev–Trinajstić information content (AvgIpc) is 2.43. The zero-order chi connectivity index (χ0) is 14.0. The monoisotopic (exact) mass is 274 g/mol. The summed E-state index contributed by atoms with van der Waals surface area (Å²) in [5, 5.41) is 17.1. The van der Waals surface area contributed by atoms with E-state index in [1.54, 1.807) is 24.7 Å². The van der Waals surface area contributed by atoms with E-state index in [0.29, 0.717) is 26.4 Å². The summed E-state index contributed by atoms with van der Waals surface area (Å²) in [4.78, 5) is 0. The first-order chi connectivity index (χ1) is 9.41. The van der Waals surface area contributed by atoms with E-state index < -0.39 is 0 Å². The lowest BCUT2D eigenvalue weighted by Crippen LogP contribution is -1.94. The SMILES string of the molecule is OCCCCOC=CCOCC=COCCCCO. The highest BCUT2D eigenvalue weighted by atomic mass is 16.5. The molecule has 0 heterocycles. The van der Waals surface area contributed by atoms with Crippen LogP contribution in [0.3, 0.4) is 0 Å². The first-order valence-corrected chi connectivity index (χ1v) is 6.74. The van der Waals surface area contributed by atoms with Gasteiger partial charge in [-0.15, -0.1) is 0 Å². The molecule has 0 aromatic heterocycles. The minimum atomic E-state index is 0.213. The van der Waals surface area contributed by atoms with Crippen molar-refractivity contribution in [3.63, 3.8) is 0 Å². The van der Waals surface area contributed by atoms with Crippen molar-refractivity contribution in [1.82, 2.24) is 0 Å². The molecule has 0 unspecified atom stereocenters. The molecule has 0 aromatic rings. The average molecular weight is 274 g/mol. The number of ether oxygens (including phenoxy) is 3. The number of hydrogen-bond acceptors (Lipinski definition) is 5. The normalized spacial score (nSPS) is 11.5. The van der Waals surface area contributed by atoms with Crippen LogP contribution in [-0.4, -0.2) is 49.9 Å². The molecule has 2 N–H and O–H groups in total. The lowest BCUT2D eigenvalue weighted by Gasteiger charge is -2.00. The molecule has 0 rings (SSSR count). The summed E-state index contributed by atoms with van der Waals surface area (Å²) in [6.45, 7) is 2.66. The summed E-state index contributed by atoms with van der Waals surface area (Å²) in [6.07, 6.45) is 10.1. The lowest BCUT2D eigenvalue weighted by molar-refractivity contribution is 0.179. The van der Waals surface area contributed by atoms with Crippen molar-refractivity contribution in [3.05, 3.63) is 24.7 Å². The molecular weight excluding hydrogens is 248 g/mol. The summed E-state index contributed by atoms with van der Waals surface area (Å²) < 4.78 is 15.6. The van der Waals surface area contributed by atoms with E-state index in [1.165, 1.54) is 0 Å². The van der Waals surface area contributed by atoms with Crippen molar-refractivity contribution in [1.29, 1.82) is 0 Å². The van der Waals surface area contributed by atoms with Crippen molar-refractivity contribution in [3.8, 4) is 0 Å². The number of hydrogen-bond donors (Lipinski definition) is 2. The minimum Gasteiger partial charge on any atom is -0.501 e. The molecule has 112 valence electrons. The molecule has 0 atom stereocenters. The summed E-state index contributed by atoms with van der Waals surface area (Å²) in [6, 6.07) is 0. The van der Waals surface area contributed by atoms with Gasteiger partial charge in [-0.05, 0) is 37.8 Å². The third-order valence-corrected chi connectivity index (χ3v) is 2.15. The van der Waals surface area contributed by atoms with Crippen LogP contribution in [0.1, 0.15) is 25.7 Å². The van der Waals surface area contributed by atoms with E-state index >= 15 is 0 Å². The molecule has 0 aromatic carbocycles. The predicted octanol–water partition coefficient (Wildman–Crippen LogP) is 1.61. The van der Waals surface area contributed by atoms with Crippen LogP contribution in [-0.2, 0) is 14.2 Å². The highest BCUT2D eigenvalue weighted by molar-refractivity contribution is 4.76. The fourth-order valence-corrected chi connectivity index (χ4v) is 1.15. The molecule has 0 amide bonds. The van der Waals surface area contributed by atoms with Crippen LogP contribution in [0.25, 0.3) is 0 Å². The largest absolute Gasteiger partial charge is 0.501 e. The van der Waals surface area contributed by atoms with E-state index in [0.717, 1.165) is 25.7 Å². The maximum atomic E-state index is 8.55. The maximum absolute atomic E-state index is 8.55. The Morgan fingerprint density at radius 3 is 1.58 bits per heavy atom. The van der Waals surface area contributed by atoms with Gasteiger partial charge in [0.15, 0.2) is 0 Å². The molecule has 0 aliphatic rings. The van der Waals surface area contributed by atoms with Gasteiger partial charge in [0.1, 0.15) is 0 Å². The maximum Gasteiger partial charge on any atom is 0.0874 e. The molecule has 0 fully saturated rings. The topological polar surface area (TPSA) is 68.2 Å². The van der Waals surface area contributed by atoms with Gasteiger partial charge >= 0.3 is 0 Å². The molecule has 0 saturated heterocycles. The number of aliphatic hydroxyl groups is 2. The van der Waals surface area contributed by atoms with Crippen molar-refractivity contribution in [2.75, 3.05) is 39.6 Å². The quantitative estimate of drug-likeness (QED) is 0.372. The van der Waals surface area contributed by atoms with Crippen LogP contribution in [0.2, 0.25) is 0 Å². The summed E-state index contributed by atoms with van der Waals surface area (Å²) in [5.41, 5.74) is 0. The standard InChI is InChI=1S/C14H26O5/c15-7-1-3-9-17-11-5-13-19-14-6-12-18-10-4-2-8-16/h5-6,11-12,15-16H,1-4,7-10,13-14H2. The highest BCUT2D eigenvalue weighted by Gasteiger charge is 1.85. The van der Waals surface area contributed by atoms with Gasteiger partial charge in [0, 0.05) is 13.2 Å². The van der Waals surface area contributed by atoms with Crippen LogP contribution in [0.5, 0.6) is 0 Å². The summed E-state index contributed by atoms with van der Waals surface area (Å²) in [5.74, 6) is 0. The Balaban J connectivity index is 3.12. The second-order valence-electron chi connectivity index (χ2n) is 3.88. The Labute approximate surface area is 115 Å². The Bertz CT molecular complexity index is 194. The Morgan fingerprint density at radius 1 is 0.684 bits per heavy atom. The van der Waals surface area contributed by atoms with Gasteiger partial charge in [-0.1, -0.05) is 0 Å². The molecular formula is C14H26O5. The lowest BCUT2D eigenvalue weighted by atomic mass is 10.3. The molecule has 0 spiro atoms. The fraction of sp³-hybridized carbons (Fsp3) is 0.714. The molecule has 5 nitrogen and oxygen atoms in total. The van der Waals surface area contributed by atoms with Crippen LogP contribution in [0.4, 0.5) is 0 Å². The van der Waals surface area contributed by atoms with Crippen LogP contribution < -0.4 is 0 Å². The van der Waals surface area contributed by atoms with E-state index in [9.17, 15) is 0 Å². The van der Waals surface area contributed by atoms with Gasteiger partial charge in [-0.25, -0.2) is 0 Å². The fourth-order valence-electron chi connectivity index (χ4n) is 1.15. The van der Waals surface area contributed by atoms with E-state index in [-0.39, 0.29) is 13.2 Å². The van der Waals surface area contributed by atoms with Gasteiger partial charge in [0.25, 0.3) is 0 Å². The number of unbranched alkanes of at least 4 members (excludes halogenated alkanes) is 2.